The van der Waals surface area contributed by atoms with Gasteiger partial charge in [0.1, 0.15) is 0 Å². The van der Waals surface area contributed by atoms with Crippen LogP contribution in [0.25, 0.3) is 0 Å². The number of hydrogen-bond acceptors (Lipinski definition) is 3. The van der Waals surface area contributed by atoms with Gasteiger partial charge in [0.2, 0.25) is 0 Å². The zero-order chi connectivity index (χ0) is 10.8. The Bertz CT molecular complexity index is 200. The standard InChI is InChI=1S/C12H23NO2/c1-8-6-10(7-9(2)15-8)13-11-4-3-5-12(11)14/h8-14H,3-7H2,1-2H3. The molecule has 2 N–H and O–H groups in total. The highest BCUT2D eigenvalue weighted by Crippen LogP contribution is 2.24. The van der Waals surface area contributed by atoms with Crippen LogP contribution in [0.2, 0.25) is 0 Å². The molecule has 4 unspecified atom stereocenters. The molecular formula is C12H23NO2. The largest absolute Gasteiger partial charge is 0.392 e. The van der Waals surface area contributed by atoms with Crippen LogP contribution in [-0.2, 0) is 4.74 Å². The van der Waals surface area contributed by atoms with Crippen LogP contribution in [0.15, 0.2) is 0 Å². The first kappa shape index (κ1) is 11.4. The van der Waals surface area contributed by atoms with Gasteiger partial charge >= 0.3 is 0 Å². The summed E-state index contributed by atoms with van der Waals surface area (Å²) in [4.78, 5) is 0. The van der Waals surface area contributed by atoms with Gasteiger partial charge in [0.25, 0.3) is 0 Å². The molecule has 0 aromatic rings. The molecule has 1 saturated heterocycles. The number of aliphatic hydroxyl groups excluding tert-OH is 1. The van der Waals surface area contributed by atoms with Crippen molar-refractivity contribution in [2.24, 2.45) is 0 Å². The van der Waals surface area contributed by atoms with Crippen LogP contribution in [0.3, 0.4) is 0 Å². The lowest BCUT2D eigenvalue weighted by atomic mass is 9.98. The molecule has 1 aliphatic heterocycles. The lowest BCUT2D eigenvalue weighted by molar-refractivity contribution is -0.0454. The predicted molar refractivity (Wildman–Crippen MR) is 59.8 cm³/mol. The van der Waals surface area contributed by atoms with E-state index < -0.39 is 0 Å². The van der Waals surface area contributed by atoms with Gasteiger partial charge in [-0.3, -0.25) is 0 Å². The average Bonchev–Trinajstić information content (AvgIpc) is 2.50. The van der Waals surface area contributed by atoms with E-state index in [0.717, 1.165) is 32.1 Å². The normalized spacial score (nSPS) is 47.0. The fourth-order valence-electron chi connectivity index (χ4n) is 2.98. The molecule has 0 bridgehead atoms. The number of rotatable bonds is 2. The molecule has 3 nitrogen and oxygen atoms in total. The first-order valence-corrected chi connectivity index (χ1v) is 6.24. The molecule has 0 amide bonds. The lowest BCUT2D eigenvalue weighted by Gasteiger charge is -2.35. The van der Waals surface area contributed by atoms with E-state index in [0.29, 0.717) is 24.3 Å². The molecule has 1 aliphatic carbocycles. The number of hydrogen-bond donors (Lipinski definition) is 2. The quantitative estimate of drug-likeness (QED) is 0.729. The molecule has 2 aliphatic rings. The van der Waals surface area contributed by atoms with Crippen LogP contribution in [0, 0.1) is 0 Å². The maximum absolute atomic E-state index is 9.76. The summed E-state index contributed by atoms with van der Waals surface area (Å²) in [5.74, 6) is 0. The predicted octanol–water partition coefficient (Wildman–Crippen LogP) is 1.45. The van der Waals surface area contributed by atoms with Gasteiger partial charge in [-0.15, -0.1) is 0 Å². The van der Waals surface area contributed by atoms with Crippen molar-refractivity contribution in [1.82, 2.24) is 5.32 Å². The molecule has 88 valence electrons. The Hall–Kier alpha value is -0.120. The smallest absolute Gasteiger partial charge is 0.0693 e. The van der Waals surface area contributed by atoms with E-state index in [1.165, 1.54) is 0 Å². The van der Waals surface area contributed by atoms with Crippen LogP contribution in [-0.4, -0.2) is 35.5 Å². The topological polar surface area (TPSA) is 41.5 Å². The minimum atomic E-state index is -0.126. The highest BCUT2D eigenvalue weighted by atomic mass is 16.5. The Labute approximate surface area is 92.2 Å². The Morgan fingerprint density at radius 3 is 2.33 bits per heavy atom. The average molecular weight is 213 g/mol. The van der Waals surface area contributed by atoms with Gasteiger partial charge in [-0.2, -0.15) is 0 Å². The second-order valence-corrected chi connectivity index (χ2v) is 5.20. The molecule has 2 rings (SSSR count). The Morgan fingerprint density at radius 1 is 1.13 bits per heavy atom. The highest BCUT2D eigenvalue weighted by molar-refractivity contribution is 4.88. The Kier molecular flexibility index (Phi) is 3.65. The molecule has 15 heavy (non-hydrogen) atoms. The first-order valence-electron chi connectivity index (χ1n) is 6.24. The van der Waals surface area contributed by atoms with Crippen molar-refractivity contribution in [2.75, 3.05) is 0 Å². The molecule has 3 heteroatoms. The van der Waals surface area contributed by atoms with Crippen LogP contribution < -0.4 is 5.32 Å². The SMILES string of the molecule is CC1CC(NC2CCCC2O)CC(C)O1. The second-order valence-electron chi connectivity index (χ2n) is 5.20. The van der Waals surface area contributed by atoms with E-state index >= 15 is 0 Å². The number of nitrogens with one attached hydrogen (secondary N) is 1. The third kappa shape index (κ3) is 2.92. The summed E-state index contributed by atoms with van der Waals surface area (Å²) in [5.41, 5.74) is 0. The van der Waals surface area contributed by atoms with Gasteiger partial charge in [-0.1, -0.05) is 0 Å². The van der Waals surface area contributed by atoms with Gasteiger partial charge in [0.15, 0.2) is 0 Å². The van der Waals surface area contributed by atoms with Crippen molar-refractivity contribution in [2.45, 2.75) is 76.3 Å². The van der Waals surface area contributed by atoms with E-state index in [-0.39, 0.29) is 6.10 Å². The highest BCUT2D eigenvalue weighted by Gasteiger charge is 2.30. The zero-order valence-electron chi connectivity index (χ0n) is 9.78. The second kappa shape index (κ2) is 4.81. The van der Waals surface area contributed by atoms with Gasteiger partial charge in [-0.25, -0.2) is 0 Å². The number of aliphatic hydroxyl groups is 1. The fourth-order valence-corrected chi connectivity index (χ4v) is 2.98. The van der Waals surface area contributed by atoms with E-state index in [1.807, 2.05) is 0 Å². The Morgan fingerprint density at radius 2 is 1.80 bits per heavy atom. The van der Waals surface area contributed by atoms with E-state index in [4.69, 9.17) is 4.74 Å². The van der Waals surface area contributed by atoms with Crippen molar-refractivity contribution in [3.8, 4) is 0 Å². The van der Waals surface area contributed by atoms with Crippen molar-refractivity contribution in [1.29, 1.82) is 0 Å². The fraction of sp³-hybridized carbons (Fsp3) is 1.00. The van der Waals surface area contributed by atoms with Crippen LogP contribution in [0.4, 0.5) is 0 Å². The van der Waals surface area contributed by atoms with Crippen molar-refractivity contribution >= 4 is 0 Å². The first-order chi connectivity index (χ1) is 7.15. The molecule has 1 saturated carbocycles. The number of ether oxygens (including phenoxy) is 1. The minimum absolute atomic E-state index is 0.126. The molecule has 0 aromatic carbocycles. The molecular weight excluding hydrogens is 190 g/mol. The van der Waals surface area contributed by atoms with Crippen molar-refractivity contribution in [3.63, 3.8) is 0 Å². The lowest BCUT2D eigenvalue weighted by Crippen LogP contribution is -2.48. The van der Waals surface area contributed by atoms with Crippen LogP contribution in [0.1, 0.15) is 46.0 Å². The summed E-state index contributed by atoms with van der Waals surface area (Å²) < 4.78 is 5.71. The van der Waals surface area contributed by atoms with E-state index in [9.17, 15) is 5.11 Å². The van der Waals surface area contributed by atoms with Gasteiger partial charge in [-0.05, 0) is 46.0 Å². The van der Waals surface area contributed by atoms with E-state index in [2.05, 4.69) is 19.2 Å². The molecule has 0 aromatic heterocycles. The molecule has 2 fully saturated rings. The molecule has 1 heterocycles. The van der Waals surface area contributed by atoms with Gasteiger partial charge in [0, 0.05) is 12.1 Å². The minimum Gasteiger partial charge on any atom is -0.392 e. The molecule has 0 radical (unpaired) electrons. The van der Waals surface area contributed by atoms with E-state index in [1.54, 1.807) is 0 Å². The summed E-state index contributed by atoms with van der Waals surface area (Å²) in [6.07, 6.45) is 5.98. The monoisotopic (exact) mass is 213 g/mol. The van der Waals surface area contributed by atoms with Crippen LogP contribution in [0.5, 0.6) is 0 Å². The maximum atomic E-state index is 9.76. The summed E-state index contributed by atoms with van der Waals surface area (Å²) >= 11 is 0. The third-order valence-corrected chi connectivity index (χ3v) is 3.63. The summed E-state index contributed by atoms with van der Waals surface area (Å²) in [6.45, 7) is 4.27. The van der Waals surface area contributed by atoms with Gasteiger partial charge < -0.3 is 15.2 Å². The molecule has 0 spiro atoms. The van der Waals surface area contributed by atoms with Crippen LogP contribution >= 0.6 is 0 Å². The van der Waals surface area contributed by atoms with Crippen molar-refractivity contribution in [3.05, 3.63) is 0 Å². The van der Waals surface area contributed by atoms with Crippen molar-refractivity contribution < 1.29 is 9.84 Å². The summed E-state index contributed by atoms with van der Waals surface area (Å²) in [7, 11) is 0. The zero-order valence-corrected chi connectivity index (χ0v) is 9.78. The Balaban J connectivity index is 1.83. The summed E-state index contributed by atoms with van der Waals surface area (Å²) in [6, 6.07) is 0.856. The molecule has 4 atom stereocenters. The maximum Gasteiger partial charge on any atom is 0.0693 e. The van der Waals surface area contributed by atoms with Gasteiger partial charge in [0.05, 0.1) is 18.3 Å². The third-order valence-electron chi connectivity index (χ3n) is 3.63. The summed E-state index contributed by atoms with van der Waals surface area (Å²) in [5, 5.41) is 13.4.